The predicted molar refractivity (Wildman–Crippen MR) is 161 cm³/mol. The van der Waals surface area contributed by atoms with Gasteiger partial charge in [0.15, 0.2) is 0 Å². The Labute approximate surface area is 242 Å². The number of carbonyl (C=O) groups excluding carboxylic acids is 2. The van der Waals surface area contributed by atoms with Gasteiger partial charge in [-0.25, -0.2) is 9.59 Å². The molecule has 2 amide bonds. The summed E-state index contributed by atoms with van der Waals surface area (Å²) in [5, 5.41) is 2.80. The largest absolute Gasteiger partial charge is 0.448 e. The molecule has 0 radical (unpaired) electrons. The van der Waals surface area contributed by atoms with Gasteiger partial charge >= 0.3 is 12.2 Å². The summed E-state index contributed by atoms with van der Waals surface area (Å²) in [6.45, 7) is 11.0. The highest BCUT2D eigenvalue weighted by Crippen LogP contribution is 2.44. The molecule has 3 aromatic rings. The van der Waals surface area contributed by atoms with Crippen LogP contribution >= 0.6 is 0 Å². The lowest BCUT2D eigenvalue weighted by Gasteiger charge is -2.34. The number of ether oxygens (including phenoxy) is 2. The SMILES string of the molecule is C#Cc1cc(NC(=O)OC(C)(C)C)cc(CN2CCN(C(=O)OCC3c4ccccc4-c4ccccc43)CC2)c1C. The van der Waals surface area contributed by atoms with Crippen molar-refractivity contribution in [3.63, 3.8) is 0 Å². The van der Waals surface area contributed by atoms with Gasteiger partial charge < -0.3 is 14.4 Å². The fourth-order valence-electron chi connectivity index (χ4n) is 5.60. The number of hydrogen-bond donors (Lipinski definition) is 1. The summed E-state index contributed by atoms with van der Waals surface area (Å²) in [5.41, 5.74) is 7.60. The summed E-state index contributed by atoms with van der Waals surface area (Å²) < 4.78 is 11.3. The number of carbonyl (C=O) groups is 2. The third kappa shape index (κ3) is 6.39. The molecule has 212 valence electrons. The normalized spacial score (nSPS) is 15.0. The highest BCUT2D eigenvalue weighted by molar-refractivity contribution is 5.85. The molecule has 1 fully saturated rings. The molecule has 41 heavy (non-hydrogen) atoms. The molecule has 0 unspecified atom stereocenters. The average Bonchev–Trinajstić information content (AvgIpc) is 3.26. The molecule has 1 N–H and O–H groups in total. The minimum absolute atomic E-state index is 0.0440. The number of piperazine rings is 1. The quantitative estimate of drug-likeness (QED) is 0.372. The van der Waals surface area contributed by atoms with Crippen LogP contribution in [0.15, 0.2) is 60.7 Å². The van der Waals surface area contributed by atoms with E-state index in [9.17, 15) is 9.59 Å². The first kappa shape index (κ1) is 28.3. The Morgan fingerprint density at radius 3 is 2.17 bits per heavy atom. The van der Waals surface area contributed by atoms with Crippen molar-refractivity contribution in [2.75, 3.05) is 38.1 Å². The molecular formula is C34H37N3O4. The highest BCUT2D eigenvalue weighted by atomic mass is 16.6. The number of terminal acetylenes is 1. The first-order valence-electron chi connectivity index (χ1n) is 14.1. The zero-order valence-corrected chi connectivity index (χ0v) is 24.2. The Morgan fingerprint density at radius 2 is 1.59 bits per heavy atom. The first-order valence-corrected chi connectivity index (χ1v) is 14.1. The van der Waals surface area contributed by atoms with Crippen molar-refractivity contribution in [2.24, 2.45) is 0 Å². The van der Waals surface area contributed by atoms with Crippen LogP contribution in [-0.4, -0.2) is 60.4 Å². The number of hydrogen-bond acceptors (Lipinski definition) is 5. The minimum atomic E-state index is -0.598. The van der Waals surface area contributed by atoms with Crippen LogP contribution in [0.25, 0.3) is 11.1 Å². The molecule has 0 bridgehead atoms. The van der Waals surface area contributed by atoms with E-state index in [4.69, 9.17) is 15.9 Å². The van der Waals surface area contributed by atoms with Gasteiger partial charge in [-0.3, -0.25) is 10.2 Å². The predicted octanol–water partition coefficient (Wildman–Crippen LogP) is 6.39. The van der Waals surface area contributed by atoms with Crippen molar-refractivity contribution in [2.45, 2.75) is 45.8 Å². The van der Waals surface area contributed by atoms with E-state index in [1.807, 2.05) is 58.0 Å². The van der Waals surface area contributed by atoms with E-state index in [2.05, 4.69) is 40.4 Å². The molecule has 1 aliphatic carbocycles. The van der Waals surface area contributed by atoms with E-state index >= 15 is 0 Å². The van der Waals surface area contributed by atoms with Crippen LogP contribution in [-0.2, 0) is 16.0 Å². The van der Waals surface area contributed by atoms with Crippen LogP contribution in [0, 0.1) is 19.3 Å². The molecule has 2 aliphatic rings. The van der Waals surface area contributed by atoms with Crippen LogP contribution in [0.5, 0.6) is 0 Å². The zero-order chi connectivity index (χ0) is 29.1. The zero-order valence-electron chi connectivity index (χ0n) is 24.2. The van der Waals surface area contributed by atoms with Gasteiger partial charge in [0.1, 0.15) is 12.2 Å². The van der Waals surface area contributed by atoms with Crippen molar-refractivity contribution in [1.82, 2.24) is 9.80 Å². The second kappa shape index (κ2) is 11.7. The fourth-order valence-corrected chi connectivity index (χ4v) is 5.60. The summed E-state index contributed by atoms with van der Waals surface area (Å²) in [7, 11) is 0. The van der Waals surface area contributed by atoms with Crippen molar-refractivity contribution >= 4 is 17.9 Å². The average molecular weight is 552 g/mol. The molecular weight excluding hydrogens is 514 g/mol. The molecule has 1 aliphatic heterocycles. The third-order valence-electron chi connectivity index (χ3n) is 7.68. The number of nitrogens with one attached hydrogen (secondary N) is 1. The molecule has 0 aromatic heterocycles. The summed E-state index contributed by atoms with van der Waals surface area (Å²) in [5.74, 6) is 2.77. The Morgan fingerprint density at radius 1 is 0.976 bits per heavy atom. The van der Waals surface area contributed by atoms with Crippen molar-refractivity contribution in [1.29, 1.82) is 0 Å². The number of nitrogens with zero attached hydrogens (tertiary/aromatic N) is 2. The van der Waals surface area contributed by atoms with Crippen LogP contribution < -0.4 is 5.32 Å². The highest BCUT2D eigenvalue weighted by Gasteiger charge is 2.30. The molecule has 7 nitrogen and oxygen atoms in total. The van der Waals surface area contributed by atoms with Gasteiger partial charge in [-0.05, 0) is 73.2 Å². The van der Waals surface area contributed by atoms with E-state index < -0.39 is 11.7 Å². The third-order valence-corrected chi connectivity index (χ3v) is 7.68. The number of anilines is 1. The van der Waals surface area contributed by atoms with Crippen molar-refractivity contribution in [3.05, 3.63) is 88.5 Å². The van der Waals surface area contributed by atoms with Gasteiger partial charge in [0.05, 0.1) is 0 Å². The van der Waals surface area contributed by atoms with Gasteiger partial charge in [-0.15, -0.1) is 6.42 Å². The van der Waals surface area contributed by atoms with Crippen LogP contribution in [0.4, 0.5) is 15.3 Å². The lowest BCUT2D eigenvalue weighted by molar-refractivity contribution is 0.0635. The van der Waals surface area contributed by atoms with Crippen LogP contribution in [0.3, 0.4) is 0 Å². The monoisotopic (exact) mass is 551 g/mol. The molecule has 1 heterocycles. The smallest absolute Gasteiger partial charge is 0.412 e. The minimum Gasteiger partial charge on any atom is -0.448 e. The van der Waals surface area contributed by atoms with E-state index in [1.54, 1.807) is 11.0 Å². The second-order valence-electron chi connectivity index (χ2n) is 11.6. The van der Waals surface area contributed by atoms with E-state index in [0.717, 1.165) is 16.7 Å². The Balaban J connectivity index is 1.18. The van der Waals surface area contributed by atoms with Gasteiger partial charge in [0.25, 0.3) is 0 Å². The lowest BCUT2D eigenvalue weighted by atomic mass is 9.98. The molecule has 5 rings (SSSR count). The van der Waals surface area contributed by atoms with Crippen LogP contribution in [0.1, 0.15) is 54.5 Å². The maximum atomic E-state index is 13.0. The van der Waals surface area contributed by atoms with Crippen molar-refractivity contribution < 1.29 is 19.1 Å². The van der Waals surface area contributed by atoms with E-state index in [0.29, 0.717) is 45.0 Å². The van der Waals surface area contributed by atoms with E-state index in [-0.39, 0.29) is 12.0 Å². The van der Waals surface area contributed by atoms with Gasteiger partial charge in [0.2, 0.25) is 0 Å². The summed E-state index contributed by atoms with van der Waals surface area (Å²) in [6.07, 6.45) is 4.97. The summed E-state index contributed by atoms with van der Waals surface area (Å²) in [4.78, 5) is 29.4. The molecule has 0 spiro atoms. The van der Waals surface area contributed by atoms with Gasteiger partial charge in [0, 0.05) is 49.9 Å². The molecule has 0 atom stereocenters. The summed E-state index contributed by atoms with van der Waals surface area (Å²) in [6, 6.07) is 20.4. The van der Waals surface area contributed by atoms with Gasteiger partial charge in [-0.2, -0.15) is 0 Å². The topological polar surface area (TPSA) is 71.1 Å². The first-order chi connectivity index (χ1) is 19.6. The Hall–Kier alpha value is -4.28. The van der Waals surface area contributed by atoms with Gasteiger partial charge in [-0.1, -0.05) is 54.5 Å². The maximum Gasteiger partial charge on any atom is 0.412 e. The number of benzene rings is 3. The van der Waals surface area contributed by atoms with Crippen LogP contribution in [0.2, 0.25) is 0 Å². The lowest BCUT2D eigenvalue weighted by Crippen LogP contribution is -2.48. The maximum absolute atomic E-state index is 13.0. The standard InChI is InChI=1S/C34H37N3O4/c1-6-24-19-26(35-32(38)41-34(3,4)5)20-25(23(24)2)21-36-15-17-37(18-16-36)33(39)40-22-31-29-13-9-7-11-27(29)28-12-8-10-14-30(28)31/h1,7-14,19-20,31H,15-18,21-22H2,2-5H3,(H,35,38). The number of fused-ring (bicyclic) bond motifs is 3. The molecule has 7 heteroatoms. The van der Waals surface area contributed by atoms with E-state index in [1.165, 1.54) is 22.3 Å². The number of amides is 2. The number of rotatable bonds is 5. The fraction of sp³-hybridized carbons (Fsp3) is 0.353. The summed E-state index contributed by atoms with van der Waals surface area (Å²) >= 11 is 0. The molecule has 3 aromatic carbocycles. The van der Waals surface area contributed by atoms with Crippen molar-refractivity contribution in [3.8, 4) is 23.5 Å². The Bertz CT molecular complexity index is 1450. The molecule has 1 saturated heterocycles. The Kier molecular flexibility index (Phi) is 8.05. The molecule has 0 saturated carbocycles. The second-order valence-corrected chi connectivity index (χ2v) is 11.6.